The van der Waals surface area contributed by atoms with E-state index in [9.17, 15) is 4.79 Å². The van der Waals surface area contributed by atoms with Gasteiger partial charge in [0.2, 0.25) is 0 Å². The molecule has 2 aromatic carbocycles. The standard InChI is InChI=1S/C19H22IN3O2/c1-4-23(5-2)16-9-6-14(7-10-16)13-21-22-19(24)15-8-11-17(20)18(12-15)25-3/h6-13H,4-5H2,1-3H3,(H,22,24). The molecule has 1 N–H and O–H groups in total. The third kappa shape index (κ3) is 5.19. The Morgan fingerprint density at radius 3 is 2.48 bits per heavy atom. The van der Waals surface area contributed by atoms with Crippen LogP contribution in [0.15, 0.2) is 47.6 Å². The first-order chi connectivity index (χ1) is 12.1. The number of rotatable bonds is 7. The van der Waals surface area contributed by atoms with Crippen molar-refractivity contribution in [3.05, 3.63) is 57.2 Å². The number of nitrogens with one attached hydrogen (secondary N) is 1. The Hall–Kier alpha value is -2.09. The minimum Gasteiger partial charge on any atom is -0.496 e. The Morgan fingerprint density at radius 2 is 1.88 bits per heavy atom. The Balaban J connectivity index is 1.99. The van der Waals surface area contributed by atoms with Gasteiger partial charge in [-0.15, -0.1) is 0 Å². The third-order valence-corrected chi connectivity index (χ3v) is 4.71. The van der Waals surface area contributed by atoms with Gasteiger partial charge in [0, 0.05) is 24.3 Å². The molecule has 6 heteroatoms. The molecule has 2 rings (SSSR count). The Morgan fingerprint density at radius 1 is 1.20 bits per heavy atom. The number of hydrogen-bond donors (Lipinski definition) is 1. The summed E-state index contributed by atoms with van der Waals surface area (Å²) in [5.74, 6) is 0.398. The summed E-state index contributed by atoms with van der Waals surface area (Å²) < 4.78 is 6.18. The molecule has 1 amide bonds. The number of carbonyl (C=O) groups is 1. The smallest absolute Gasteiger partial charge is 0.271 e. The van der Waals surface area contributed by atoms with E-state index >= 15 is 0 Å². The molecule has 0 atom stereocenters. The molecule has 0 fully saturated rings. The van der Waals surface area contributed by atoms with E-state index in [0.29, 0.717) is 11.3 Å². The minimum absolute atomic E-state index is 0.272. The number of benzene rings is 2. The number of nitrogens with zero attached hydrogens (tertiary/aromatic N) is 2. The molecule has 0 radical (unpaired) electrons. The molecule has 25 heavy (non-hydrogen) atoms. The van der Waals surface area contributed by atoms with Crippen LogP contribution in [-0.4, -0.2) is 32.3 Å². The highest BCUT2D eigenvalue weighted by molar-refractivity contribution is 14.1. The fourth-order valence-corrected chi connectivity index (χ4v) is 2.95. The molecule has 0 aliphatic carbocycles. The van der Waals surface area contributed by atoms with Crippen molar-refractivity contribution in [2.45, 2.75) is 13.8 Å². The van der Waals surface area contributed by atoms with Crippen molar-refractivity contribution < 1.29 is 9.53 Å². The lowest BCUT2D eigenvalue weighted by atomic mass is 10.2. The summed E-state index contributed by atoms with van der Waals surface area (Å²) in [5.41, 5.74) is 5.15. The first-order valence-electron chi connectivity index (χ1n) is 8.11. The lowest BCUT2D eigenvalue weighted by molar-refractivity contribution is 0.0954. The highest BCUT2D eigenvalue weighted by Gasteiger charge is 2.08. The van der Waals surface area contributed by atoms with Crippen molar-refractivity contribution >= 4 is 40.4 Å². The van der Waals surface area contributed by atoms with Crippen LogP contribution >= 0.6 is 22.6 Å². The maximum absolute atomic E-state index is 12.1. The van der Waals surface area contributed by atoms with Gasteiger partial charge in [-0.1, -0.05) is 12.1 Å². The molecule has 0 spiro atoms. The maximum Gasteiger partial charge on any atom is 0.271 e. The molecule has 0 aromatic heterocycles. The van der Waals surface area contributed by atoms with Crippen molar-refractivity contribution in [1.82, 2.24) is 5.43 Å². The summed E-state index contributed by atoms with van der Waals surface area (Å²) in [6, 6.07) is 13.4. The fourth-order valence-electron chi connectivity index (χ4n) is 2.39. The molecule has 132 valence electrons. The van der Waals surface area contributed by atoms with Crippen LogP contribution in [0, 0.1) is 3.57 Å². The van der Waals surface area contributed by atoms with E-state index in [0.717, 1.165) is 22.2 Å². The zero-order valence-electron chi connectivity index (χ0n) is 14.6. The van der Waals surface area contributed by atoms with Crippen molar-refractivity contribution in [3.8, 4) is 5.75 Å². The second-order valence-electron chi connectivity index (χ2n) is 5.31. The molecule has 0 bridgehead atoms. The highest BCUT2D eigenvalue weighted by atomic mass is 127. The number of carbonyl (C=O) groups excluding carboxylic acids is 1. The van der Waals surface area contributed by atoms with Gasteiger partial charge in [-0.25, -0.2) is 5.43 Å². The van der Waals surface area contributed by atoms with Crippen LogP contribution in [0.4, 0.5) is 5.69 Å². The van der Waals surface area contributed by atoms with E-state index in [1.165, 1.54) is 5.69 Å². The molecule has 0 saturated heterocycles. The van der Waals surface area contributed by atoms with Gasteiger partial charge in [0.05, 0.1) is 16.9 Å². The van der Waals surface area contributed by atoms with Crippen molar-refractivity contribution in [2.24, 2.45) is 5.10 Å². The topological polar surface area (TPSA) is 53.9 Å². The number of halogens is 1. The summed E-state index contributed by atoms with van der Waals surface area (Å²) in [6.07, 6.45) is 1.63. The normalized spacial score (nSPS) is 10.7. The molecular formula is C19H22IN3O2. The zero-order valence-corrected chi connectivity index (χ0v) is 16.8. The van der Waals surface area contributed by atoms with E-state index in [1.807, 2.05) is 18.2 Å². The van der Waals surface area contributed by atoms with Crippen LogP contribution in [0.5, 0.6) is 5.75 Å². The van der Waals surface area contributed by atoms with Crippen LogP contribution in [0.1, 0.15) is 29.8 Å². The largest absolute Gasteiger partial charge is 0.496 e. The number of anilines is 1. The van der Waals surface area contributed by atoms with Crippen molar-refractivity contribution in [3.63, 3.8) is 0 Å². The Kier molecular flexibility index (Phi) is 7.24. The summed E-state index contributed by atoms with van der Waals surface area (Å²) in [6.45, 7) is 6.21. The van der Waals surface area contributed by atoms with E-state index in [4.69, 9.17) is 4.74 Å². The van der Waals surface area contributed by atoms with Gasteiger partial charge in [0.25, 0.3) is 5.91 Å². The van der Waals surface area contributed by atoms with Crippen LogP contribution < -0.4 is 15.1 Å². The number of hydrogen-bond acceptors (Lipinski definition) is 4. The summed E-state index contributed by atoms with van der Waals surface area (Å²) in [5, 5.41) is 4.03. The first kappa shape index (κ1) is 19.2. The van der Waals surface area contributed by atoms with Gasteiger partial charge in [-0.3, -0.25) is 4.79 Å². The Bertz CT molecular complexity index is 741. The van der Waals surface area contributed by atoms with Gasteiger partial charge in [-0.05, 0) is 72.3 Å². The summed E-state index contributed by atoms with van der Waals surface area (Å²) in [4.78, 5) is 14.4. The second kappa shape index (κ2) is 9.41. The van der Waals surface area contributed by atoms with Crippen molar-refractivity contribution in [2.75, 3.05) is 25.1 Å². The van der Waals surface area contributed by atoms with Crippen molar-refractivity contribution in [1.29, 1.82) is 0 Å². The average molecular weight is 451 g/mol. The van der Waals surface area contributed by atoms with E-state index in [1.54, 1.807) is 25.5 Å². The van der Waals surface area contributed by atoms with Crippen LogP contribution in [0.3, 0.4) is 0 Å². The number of ether oxygens (including phenoxy) is 1. The highest BCUT2D eigenvalue weighted by Crippen LogP contribution is 2.21. The molecular weight excluding hydrogens is 429 g/mol. The van der Waals surface area contributed by atoms with Gasteiger partial charge >= 0.3 is 0 Å². The Labute approximate surface area is 162 Å². The number of methoxy groups -OCH3 is 1. The first-order valence-corrected chi connectivity index (χ1v) is 9.18. The van der Waals surface area contributed by atoms with E-state index in [2.05, 4.69) is 64.0 Å². The van der Waals surface area contributed by atoms with Gasteiger partial charge in [0.15, 0.2) is 0 Å². The predicted molar refractivity (Wildman–Crippen MR) is 111 cm³/mol. The summed E-state index contributed by atoms with van der Waals surface area (Å²) in [7, 11) is 1.58. The third-order valence-electron chi connectivity index (χ3n) is 3.81. The van der Waals surface area contributed by atoms with E-state index < -0.39 is 0 Å². The molecule has 0 aliphatic heterocycles. The molecule has 0 aliphatic rings. The lowest BCUT2D eigenvalue weighted by Gasteiger charge is -2.20. The maximum atomic E-state index is 12.1. The zero-order chi connectivity index (χ0) is 18.2. The predicted octanol–water partition coefficient (Wildman–Crippen LogP) is 3.91. The molecule has 0 unspecified atom stereocenters. The van der Waals surface area contributed by atoms with Gasteiger partial charge < -0.3 is 9.64 Å². The van der Waals surface area contributed by atoms with Crippen LogP contribution in [0.2, 0.25) is 0 Å². The molecule has 5 nitrogen and oxygen atoms in total. The summed E-state index contributed by atoms with van der Waals surface area (Å²) >= 11 is 2.16. The molecule has 0 heterocycles. The van der Waals surface area contributed by atoms with Crippen LogP contribution in [-0.2, 0) is 0 Å². The molecule has 2 aromatic rings. The number of amides is 1. The van der Waals surface area contributed by atoms with Crippen LogP contribution in [0.25, 0.3) is 0 Å². The van der Waals surface area contributed by atoms with Gasteiger partial charge in [-0.2, -0.15) is 5.10 Å². The average Bonchev–Trinajstić information content (AvgIpc) is 2.64. The monoisotopic (exact) mass is 451 g/mol. The minimum atomic E-state index is -0.272. The number of hydrazone groups is 1. The quantitative estimate of drug-likeness (QED) is 0.395. The van der Waals surface area contributed by atoms with Gasteiger partial charge in [0.1, 0.15) is 5.75 Å². The SMILES string of the molecule is CCN(CC)c1ccc(C=NNC(=O)c2ccc(I)c(OC)c2)cc1. The van der Waals surface area contributed by atoms with E-state index in [-0.39, 0.29) is 5.91 Å². The fraction of sp³-hybridized carbons (Fsp3) is 0.263. The second-order valence-corrected chi connectivity index (χ2v) is 6.47. The lowest BCUT2D eigenvalue weighted by Crippen LogP contribution is -2.21. The molecule has 0 saturated carbocycles.